The predicted octanol–water partition coefficient (Wildman–Crippen LogP) is 2.44. The summed E-state index contributed by atoms with van der Waals surface area (Å²) in [5, 5.41) is 5.30. The van der Waals surface area contributed by atoms with Crippen LogP contribution in [0, 0.1) is 0 Å². The first-order chi connectivity index (χ1) is 11.4. The minimum atomic E-state index is -4.62. The molecule has 0 saturated heterocycles. The van der Waals surface area contributed by atoms with E-state index in [2.05, 4.69) is 5.10 Å². The second-order valence-corrected chi connectivity index (χ2v) is 7.06. The Morgan fingerprint density at radius 2 is 1.71 bits per heavy atom. The highest BCUT2D eigenvalue weighted by Crippen LogP contribution is 2.18. The van der Waals surface area contributed by atoms with Crippen LogP contribution < -0.4 is 5.56 Å². The smallest absolute Gasteiger partial charge is 0.267 e. The van der Waals surface area contributed by atoms with Crippen LogP contribution in [0.5, 0.6) is 0 Å². The van der Waals surface area contributed by atoms with Crippen molar-refractivity contribution in [1.82, 2.24) is 9.78 Å². The monoisotopic (exact) mass is 350 g/mol. The van der Waals surface area contributed by atoms with Gasteiger partial charge in [-0.25, -0.2) is 13.1 Å². The van der Waals surface area contributed by atoms with Crippen molar-refractivity contribution in [3.63, 3.8) is 0 Å². The van der Waals surface area contributed by atoms with Crippen molar-refractivity contribution in [1.29, 1.82) is 0 Å². The molecule has 0 fully saturated rings. The van der Waals surface area contributed by atoms with Crippen molar-refractivity contribution in [2.75, 3.05) is 0 Å². The first-order valence-electron chi connectivity index (χ1n) is 6.95. The molecule has 1 aromatic heterocycles. The Morgan fingerprint density at radius 1 is 1.04 bits per heavy atom. The van der Waals surface area contributed by atoms with Gasteiger partial charge in [0.15, 0.2) is 0 Å². The number of hydrogen-bond donors (Lipinski definition) is 0. The zero-order valence-corrected chi connectivity index (χ0v) is 13.1. The van der Waals surface area contributed by atoms with Gasteiger partial charge >= 0.3 is 5.76 Å². The van der Waals surface area contributed by atoms with E-state index in [0.29, 0.717) is 10.9 Å². The number of hydrogen-bond acceptors (Lipinski definition) is 4. The van der Waals surface area contributed by atoms with E-state index in [-0.39, 0.29) is 12.1 Å². The van der Waals surface area contributed by atoms with Crippen LogP contribution in [0.3, 0.4) is 0 Å². The number of rotatable bonds is 4. The number of benzene rings is 2. The molecule has 124 valence electrons. The second-order valence-electron chi connectivity index (χ2n) is 5.14. The molecule has 0 bridgehead atoms. The van der Waals surface area contributed by atoms with Crippen LogP contribution in [0.25, 0.3) is 10.8 Å². The van der Waals surface area contributed by atoms with Crippen LogP contribution >= 0.6 is 0 Å². The SMILES string of the molecule is O=c1c2ccccc2cnn1Cc1ccc(S(=O)(=O)C(F)F)cc1. The maximum atomic E-state index is 12.5. The molecule has 5 nitrogen and oxygen atoms in total. The summed E-state index contributed by atoms with van der Waals surface area (Å²) in [5.74, 6) is -3.46. The molecule has 0 amide bonds. The van der Waals surface area contributed by atoms with Crippen molar-refractivity contribution in [3.05, 3.63) is 70.6 Å². The molecule has 0 aliphatic rings. The molecular weight excluding hydrogens is 338 g/mol. The highest BCUT2D eigenvalue weighted by molar-refractivity contribution is 7.91. The summed E-state index contributed by atoms with van der Waals surface area (Å²) in [5.41, 5.74) is 0.297. The van der Waals surface area contributed by atoms with E-state index in [0.717, 1.165) is 17.5 Å². The third-order valence-electron chi connectivity index (χ3n) is 3.58. The van der Waals surface area contributed by atoms with Crippen molar-refractivity contribution in [3.8, 4) is 0 Å². The number of aromatic nitrogens is 2. The molecule has 0 N–H and O–H groups in total. The van der Waals surface area contributed by atoms with Gasteiger partial charge in [-0.05, 0) is 23.8 Å². The Bertz CT molecular complexity index is 1040. The number of alkyl halides is 2. The van der Waals surface area contributed by atoms with Gasteiger partial charge in [0.2, 0.25) is 9.84 Å². The summed E-state index contributed by atoms with van der Waals surface area (Å²) in [7, 11) is -4.62. The fourth-order valence-corrected chi connectivity index (χ4v) is 3.02. The van der Waals surface area contributed by atoms with Crippen LogP contribution in [0.1, 0.15) is 5.56 Å². The van der Waals surface area contributed by atoms with Crippen molar-refractivity contribution in [2.24, 2.45) is 0 Å². The average Bonchev–Trinajstić information content (AvgIpc) is 2.58. The highest BCUT2D eigenvalue weighted by atomic mass is 32.2. The van der Waals surface area contributed by atoms with E-state index in [4.69, 9.17) is 0 Å². The van der Waals surface area contributed by atoms with Crippen LogP contribution in [-0.4, -0.2) is 24.0 Å². The topological polar surface area (TPSA) is 69.0 Å². The standard InChI is InChI=1S/C16H12F2N2O3S/c17-16(18)24(22,23)13-7-5-11(6-8-13)10-20-15(21)14-4-2-1-3-12(14)9-19-20/h1-9,16H,10H2. The third-order valence-corrected chi connectivity index (χ3v) is 4.98. The molecule has 0 aliphatic heterocycles. The van der Waals surface area contributed by atoms with Crippen LogP contribution in [0.2, 0.25) is 0 Å². The van der Waals surface area contributed by atoms with Gasteiger partial charge in [-0.1, -0.05) is 30.3 Å². The van der Waals surface area contributed by atoms with Gasteiger partial charge < -0.3 is 0 Å². The fraction of sp³-hybridized carbons (Fsp3) is 0.125. The summed E-state index contributed by atoms with van der Waals surface area (Å²) in [4.78, 5) is 11.9. The molecule has 8 heteroatoms. The number of nitrogens with zero attached hydrogens (tertiary/aromatic N) is 2. The predicted molar refractivity (Wildman–Crippen MR) is 84.7 cm³/mol. The normalized spacial score (nSPS) is 12.0. The number of halogens is 2. The number of fused-ring (bicyclic) bond motifs is 1. The minimum absolute atomic E-state index is 0.110. The lowest BCUT2D eigenvalue weighted by atomic mass is 10.2. The zero-order chi connectivity index (χ0) is 17.3. The van der Waals surface area contributed by atoms with E-state index in [1.807, 2.05) is 0 Å². The van der Waals surface area contributed by atoms with Crippen molar-refractivity contribution in [2.45, 2.75) is 17.2 Å². The van der Waals surface area contributed by atoms with Crippen LogP contribution in [-0.2, 0) is 16.4 Å². The first kappa shape index (κ1) is 16.3. The van der Waals surface area contributed by atoms with Gasteiger partial charge in [0.25, 0.3) is 5.56 Å². The molecule has 0 unspecified atom stereocenters. The van der Waals surface area contributed by atoms with E-state index in [1.165, 1.54) is 16.8 Å². The Morgan fingerprint density at radius 3 is 2.38 bits per heavy atom. The average molecular weight is 350 g/mol. The molecule has 2 aromatic carbocycles. The van der Waals surface area contributed by atoms with Crippen LogP contribution in [0.4, 0.5) is 8.78 Å². The Balaban J connectivity index is 1.93. The molecular formula is C16H12F2N2O3S. The Hall–Kier alpha value is -2.61. The summed E-state index contributed by atoms with van der Waals surface area (Å²) in [6, 6.07) is 12.0. The Kier molecular flexibility index (Phi) is 4.15. The van der Waals surface area contributed by atoms with E-state index >= 15 is 0 Å². The molecule has 0 radical (unpaired) electrons. The van der Waals surface area contributed by atoms with Gasteiger partial charge in [-0.2, -0.15) is 13.9 Å². The van der Waals surface area contributed by atoms with E-state index in [9.17, 15) is 22.0 Å². The quantitative estimate of drug-likeness (QED) is 0.725. The van der Waals surface area contributed by atoms with Crippen molar-refractivity contribution >= 4 is 20.6 Å². The molecule has 0 spiro atoms. The van der Waals surface area contributed by atoms with E-state index < -0.39 is 20.5 Å². The molecule has 0 saturated carbocycles. The largest absolute Gasteiger partial charge is 0.341 e. The first-order valence-corrected chi connectivity index (χ1v) is 8.50. The molecule has 24 heavy (non-hydrogen) atoms. The molecule has 3 aromatic rings. The molecule has 0 aliphatic carbocycles. The van der Waals surface area contributed by atoms with Crippen LogP contribution in [0.15, 0.2) is 64.4 Å². The lowest BCUT2D eigenvalue weighted by Gasteiger charge is -2.07. The molecule has 0 atom stereocenters. The van der Waals surface area contributed by atoms with Gasteiger partial charge in [0, 0.05) is 5.39 Å². The lowest BCUT2D eigenvalue weighted by molar-refractivity contribution is 0.234. The number of sulfone groups is 1. The minimum Gasteiger partial charge on any atom is -0.267 e. The lowest BCUT2D eigenvalue weighted by Crippen LogP contribution is -2.23. The van der Waals surface area contributed by atoms with Gasteiger partial charge in [-0.3, -0.25) is 4.79 Å². The third kappa shape index (κ3) is 2.92. The summed E-state index contributed by atoms with van der Waals surface area (Å²) in [6.45, 7) is 0.110. The van der Waals surface area contributed by atoms with E-state index in [1.54, 1.807) is 30.5 Å². The molecule has 3 rings (SSSR count). The molecule has 1 heterocycles. The maximum Gasteiger partial charge on any atom is 0.341 e. The Labute approximate surface area is 136 Å². The zero-order valence-electron chi connectivity index (χ0n) is 12.3. The summed E-state index contributed by atoms with van der Waals surface area (Å²) in [6.07, 6.45) is 1.56. The highest BCUT2D eigenvalue weighted by Gasteiger charge is 2.26. The fourth-order valence-electron chi connectivity index (χ4n) is 2.30. The maximum absolute atomic E-state index is 12.5. The van der Waals surface area contributed by atoms with Gasteiger partial charge in [0.1, 0.15) is 0 Å². The summed E-state index contributed by atoms with van der Waals surface area (Å²) < 4.78 is 49.0. The summed E-state index contributed by atoms with van der Waals surface area (Å²) >= 11 is 0. The van der Waals surface area contributed by atoms with Crippen molar-refractivity contribution < 1.29 is 17.2 Å². The van der Waals surface area contributed by atoms with Gasteiger partial charge in [0.05, 0.1) is 23.0 Å². The van der Waals surface area contributed by atoms with Gasteiger partial charge in [-0.15, -0.1) is 0 Å². The second kappa shape index (κ2) is 6.12.